The van der Waals surface area contributed by atoms with Crippen LogP contribution in [-0.4, -0.2) is 0 Å². The van der Waals surface area contributed by atoms with Crippen molar-refractivity contribution in [1.29, 1.82) is 0 Å². The summed E-state index contributed by atoms with van der Waals surface area (Å²) in [5.74, 6) is 2.82. The van der Waals surface area contributed by atoms with Gasteiger partial charge in [0, 0.05) is 0 Å². The lowest BCUT2D eigenvalue weighted by molar-refractivity contribution is 0.375. The van der Waals surface area contributed by atoms with Crippen molar-refractivity contribution in [3.8, 4) is 0 Å². The van der Waals surface area contributed by atoms with Gasteiger partial charge in [0.15, 0.2) is 0 Å². The second kappa shape index (κ2) is 3.93. The maximum atomic E-state index is 2.44. The number of rotatable bonds is 2. The van der Waals surface area contributed by atoms with E-state index >= 15 is 0 Å². The fourth-order valence-electron chi connectivity index (χ4n) is 3.12. The zero-order chi connectivity index (χ0) is 11.0. The molecule has 2 bridgehead atoms. The molecule has 0 nitrogen and oxygen atoms in total. The van der Waals surface area contributed by atoms with Gasteiger partial charge in [-0.2, -0.15) is 0 Å². The Morgan fingerprint density at radius 2 is 1.75 bits per heavy atom. The Bertz CT molecular complexity index is 413. The fourth-order valence-corrected chi connectivity index (χ4v) is 3.12. The molecule has 16 heavy (non-hydrogen) atoms. The van der Waals surface area contributed by atoms with Crippen LogP contribution in [0.2, 0.25) is 0 Å². The molecule has 4 unspecified atom stereocenters. The summed E-state index contributed by atoms with van der Waals surface area (Å²) in [6, 6.07) is 10.9. The Balaban J connectivity index is 1.86. The molecule has 2 aliphatic rings. The summed E-state index contributed by atoms with van der Waals surface area (Å²) < 4.78 is 0. The number of fused-ring (bicyclic) bond motifs is 2. The van der Waals surface area contributed by atoms with Gasteiger partial charge in [0.1, 0.15) is 0 Å². The van der Waals surface area contributed by atoms with Crippen molar-refractivity contribution in [3.05, 3.63) is 60.2 Å². The van der Waals surface area contributed by atoms with Crippen LogP contribution in [0, 0.1) is 17.8 Å². The summed E-state index contributed by atoms with van der Waals surface area (Å²) >= 11 is 0. The maximum Gasteiger partial charge on any atom is -0.00475 e. The largest absolute Gasteiger partial charge is 0.0842 e. The molecule has 0 saturated carbocycles. The van der Waals surface area contributed by atoms with E-state index in [0.29, 0.717) is 11.8 Å². The first kappa shape index (κ1) is 9.89. The topological polar surface area (TPSA) is 0 Å². The molecule has 3 rings (SSSR count). The highest BCUT2D eigenvalue weighted by atomic mass is 14.4. The molecule has 4 atom stereocenters. The monoisotopic (exact) mass is 210 g/mol. The predicted octanol–water partition coefficient (Wildman–Crippen LogP) is 4.17. The average molecular weight is 210 g/mol. The molecular weight excluding hydrogens is 192 g/mol. The van der Waals surface area contributed by atoms with Gasteiger partial charge in [0.25, 0.3) is 0 Å². The lowest BCUT2D eigenvalue weighted by Crippen LogP contribution is -2.19. The minimum absolute atomic E-state index is 0.631. The maximum absolute atomic E-state index is 2.44. The lowest BCUT2D eigenvalue weighted by Gasteiger charge is -2.29. The van der Waals surface area contributed by atoms with Crippen LogP contribution < -0.4 is 0 Å². The molecule has 0 fully saturated rings. The molecule has 0 saturated heterocycles. The smallest absolute Gasteiger partial charge is 0.00475 e. The molecule has 2 aliphatic carbocycles. The number of hydrogen-bond donors (Lipinski definition) is 0. The zero-order valence-electron chi connectivity index (χ0n) is 9.71. The van der Waals surface area contributed by atoms with E-state index in [1.54, 1.807) is 0 Å². The summed E-state index contributed by atoms with van der Waals surface area (Å²) in [5.41, 5.74) is 1.47. The molecule has 0 amide bonds. The summed E-state index contributed by atoms with van der Waals surface area (Å²) in [6.07, 6.45) is 11.0. The first-order valence-corrected chi connectivity index (χ1v) is 6.26. The van der Waals surface area contributed by atoms with Crippen LogP contribution in [0.3, 0.4) is 0 Å². The van der Waals surface area contributed by atoms with E-state index in [-0.39, 0.29) is 0 Å². The van der Waals surface area contributed by atoms with Crippen LogP contribution in [0.15, 0.2) is 54.6 Å². The van der Waals surface area contributed by atoms with Crippen LogP contribution in [-0.2, 0) is 0 Å². The highest BCUT2D eigenvalue weighted by Gasteiger charge is 2.31. The van der Waals surface area contributed by atoms with Gasteiger partial charge in [-0.25, -0.2) is 0 Å². The SMILES string of the molecule is CC(c1ccccc1)C1C=CC2C=CC1C2. The number of hydrogen-bond acceptors (Lipinski definition) is 0. The Hall–Kier alpha value is -1.30. The quantitative estimate of drug-likeness (QED) is 0.643. The molecule has 1 aromatic carbocycles. The van der Waals surface area contributed by atoms with Gasteiger partial charge < -0.3 is 0 Å². The second-order valence-electron chi connectivity index (χ2n) is 5.11. The highest BCUT2D eigenvalue weighted by molar-refractivity contribution is 5.26. The minimum Gasteiger partial charge on any atom is -0.0842 e. The normalized spacial score (nSPS) is 32.9. The second-order valence-corrected chi connectivity index (χ2v) is 5.11. The summed E-state index contributed by atoms with van der Waals surface area (Å²) in [7, 11) is 0. The van der Waals surface area contributed by atoms with Crippen molar-refractivity contribution in [2.24, 2.45) is 17.8 Å². The fraction of sp³-hybridized carbons (Fsp3) is 0.375. The lowest BCUT2D eigenvalue weighted by atomic mass is 9.75. The van der Waals surface area contributed by atoms with E-state index in [2.05, 4.69) is 61.6 Å². The number of allylic oxidation sites excluding steroid dienone is 4. The van der Waals surface area contributed by atoms with Gasteiger partial charge in [0.2, 0.25) is 0 Å². The summed E-state index contributed by atoms with van der Waals surface area (Å²) in [4.78, 5) is 0. The Morgan fingerprint density at radius 3 is 2.56 bits per heavy atom. The molecule has 0 radical (unpaired) electrons. The van der Waals surface area contributed by atoms with Gasteiger partial charge in [-0.1, -0.05) is 61.6 Å². The van der Waals surface area contributed by atoms with E-state index in [1.807, 2.05) is 0 Å². The van der Waals surface area contributed by atoms with Gasteiger partial charge in [-0.15, -0.1) is 0 Å². The van der Waals surface area contributed by atoms with Crippen molar-refractivity contribution < 1.29 is 0 Å². The van der Waals surface area contributed by atoms with Crippen LogP contribution in [0.1, 0.15) is 24.8 Å². The van der Waals surface area contributed by atoms with Crippen molar-refractivity contribution in [3.63, 3.8) is 0 Å². The van der Waals surface area contributed by atoms with Crippen LogP contribution in [0.25, 0.3) is 0 Å². The third kappa shape index (κ3) is 1.63. The van der Waals surface area contributed by atoms with E-state index in [1.165, 1.54) is 12.0 Å². The van der Waals surface area contributed by atoms with Crippen LogP contribution in [0.5, 0.6) is 0 Å². The molecule has 0 N–H and O–H groups in total. The van der Waals surface area contributed by atoms with Crippen molar-refractivity contribution in [2.45, 2.75) is 19.3 Å². The molecule has 0 aromatic heterocycles. The number of benzene rings is 1. The summed E-state index contributed by atoms with van der Waals surface area (Å²) in [6.45, 7) is 2.36. The third-order valence-electron chi connectivity index (χ3n) is 4.13. The molecule has 0 spiro atoms. The molecule has 1 aromatic rings. The predicted molar refractivity (Wildman–Crippen MR) is 68.2 cm³/mol. The Morgan fingerprint density at radius 1 is 1.00 bits per heavy atom. The van der Waals surface area contributed by atoms with Gasteiger partial charge in [0.05, 0.1) is 0 Å². The molecule has 0 aliphatic heterocycles. The average Bonchev–Trinajstić information content (AvgIpc) is 2.72. The van der Waals surface area contributed by atoms with Crippen LogP contribution in [0.4, 0.5) is 0 Å². The molecule has 0 heterocycles. The van der Waals surface area contributed by atoms with Gasteiger partial charge in [-0.3, -0.25) is 0 Å². The first-order chi connectivity index (χ1) is 7.84. The van der Waals surface area contributed by atoms with Crippen molar-refractivity contribution >= 4 is 0 Å². The Labute approximate surface area is 97.7 Å². The highest BCUT2D eigenvalue weighted by Crippen LogP contribution is 2.42. The first-order valence-electron chi connectivity index (χ1n) is 6.26. The molecule has 82 valence electrons. The molecule has 0 heteroatoms. The van der Waals surface area contributed by atoms with Gasteiger partial charge >= 0.3 is 0 Å². The van der Waals surface area contributed by atoms with E-state index in [4.69, 9.17) is 0 Å². The van der Waals surface area contributed by atoms with Crippen molar-refractivity contribution in [1.82, 2.24) is 0 Å². The van der Waals surface area contributed by atoms with E-state index in [9.17, 15) is 0 Å². The van der Waals surface area contributed by atoms with Crippen molar-refractivity contribution in [2.75, 3.05) is 0 Å². The Kier molecular flexibility index (Phi) is 2.43. The summed E-state index contributed by atoms with van der Waals surface area (Å²) in [5, 5.41) is 0. The minimum atomic E-state index is 0.631. The molecular formula is C16H18. The zero-order valence-corrected chi connectivity index (χ0v) is 9.71. The van der Waals surface area contributed by atoms with E-state index in [0.717, 1.165) is 11.8 Å². The van der Waals surface area contributed by atoms with Gasteiger partial charge in [-0.05, 0) is 35.7 Å². The van der Waals surface area contributed by atoms with E-state index < -0.39 is 0 Å². The standard InChI is InChI=1S/C16H18/c1-12(14-5-3-2-4-6-14)16-10-8-13-7-9-15(16)11-13/h2-10,12-13,15-16H,11H2,1H3. The third-order valence-corrected chi connectivity index (χ3v) is 4.13. The van der Waals surface area contributed by atoms with Crippen LogP contribution >= 0.6 is 0 Å².